The first-order valence-corrected chi connectivity index (χ1v) is 11.8. The van der Waals surface area contributed by atoms with Crippen LogP contribution in [0.3, 0.4) is 0 Å². The lowest BCUT2D eigenvalue weighted by atomic mass is 10.1. The third-order valence-electron chi connectivity index (χ3n) is 6.10. The number of ether oxygens (including phenoxy) is 2. The van der Waals surface area contributed by atoms with E-state index in [0.717, 1.165) is 6.20 Å². The number of benzene rings is 1. The van der Waals surface area contributed by atoms with Crippen LogP contribution in [-0.2, 0) is 4.74 Å². The number of halogens is 2. The molecule has 0 atom stereocenters. The molecule has 1 amide bonds. The van der Waals surface area contributed by atoms with Gasteiger partial charge < -0.3 is 24.6 Å². The summed E-state index contributed by atoms with van der Waals surface area (Å²) in [6, 6.07) is 6.27. The minimum absolute atomic E-state index is 0.0532. The summed E-state index contributed by atoms with van der Waals surface area (Å²) in [6.45, 7) is 7.08. The van der Waals surface area contributed by atoms with Crippen LogP contribution in [0.4, 0.5) is 26.2 Å². The molecule has 2 aliphatic rings. The van der Waals surface area contributed by atoms with Gasteiger partial charge in [-0.05, 0) is 38.1 Å². The van der Waals surface area contributed by atoms with Gasteiger partial charge in [0.2, 0.25) is 5.95 Å². The van der Waals surface area contributed by atoms with Gasteiger partial charge in [0.1, 0.15) is 18.1 Å². The number of hydrogen-bond acceptors (Lipinski definition) is 8. The second-order valence-corrected chi connectivity index (χ2v) is 8.79. The summed E-state index contributed by atoms with van der Waals surface area (Å²) in [5.74, 6) is -0.771. The van der Waals surface area contributed by atoms with Crippen molar-refractivity contribution in [1.29, 1.82) is 0 Å². The number of carbonyl (C=O) groups excluding carboxylic acids is 1. The zero-order chi connectivity index (χ0) is 25.2. The smallest absolute Gasteiger partial charge is 0.255 e. The molecule has 1 N–H and O–H groups in total. The van der Waals surface area contributed by atoms with Crippen LogP contribution in [0, 0.1) is 11.6 Å². The second-order valence-electron chi connectivity index (χ2n) is 8.79. The fourth-order valence-electron chi connectivity index (χ4n) is 4.26. The van der Waals surface area contributed by atoms with Crippen molar-refractivity contribution in [2.24, 2.45) is 0 Å². The van der Waals surface area contributed by atoms with E-state index in [1.807, 2.05) is 18.7 Å². The van der Waals surface area contributed by atoms with Crippen molar-refractivity contribution < 1.29 is 23.0 Å². The third kappa shape index (κ3) is 4.78. The first-order valence-electron chi connectivity index (χ1n) is 11.8. The highest BCUT2D eigenvalue weighted by atomic mass is 19.1. The van der Waals surface area contributed by atoms with E-state index in [1.54, 1.807) is 23.1 Å². The number of nitrogens with one attached hydrogen (secondary N) is 1. The van der Waals surface area contributed by atoms with Gasteiger partial charge in [0.05, 0.1) is 37.2 Å². The third-order valence-corrected chi connectivity index (χ3v) is 6.10. The largest absolute Gasteiger partial charge is 0.486 e. The van der Waals surface area contributed by atoms with E-state index in [0.29, 0.717) is 56.5 Å². The molecule has 3 aromatic rings. The van der Waals surface area contributed by atoms with Gasteiger partial charge in [-0.3, -0.25) is 4.79 Å². The van der Waals surface area contributed by atoms with E-state index in [2.05, 4.69) is 20.3 Å². The number of anilines is 3. The average Bonchev–Trinajstić information content (AvgIpc) is 2.90. The number of pyridine rings is 1. The monoisotopic (exact) mass is 496 g/mol. The van der Waals surface area contributed by atoms with E-state index in [9.17, 15) is 13.6 Å². The summed E-state index contributed by atoms with van der Waals surface area (Å²) in [4.78, 5) is 28.9. The number of carbonyl (C=O) groups is 1. The van der Waals surface area contributed by atoms with Crippen molar-refractivity contribution in [1.82, 2.24) is 19.9 Å². The van der Waals surface area contributed by atoms with Gasteiger partial charge >= 0.3 is 0 Å². The second kappa shape index (κ2) is 10.0. The molecule has 2 aliphatic heterocycles. The van der Waals surface area contributed by atoms with Gasteiger partial charge in [-0.15, -0.1) is 0 Å². The lowest BCUT2D eigenvalue weighted by molar-refractivity contribution is 0.0302. The molecular weight excluding hydrogens is 470 g/mol. The van der Waals surface area contributed by atoms with E-state index >= 15 is 0 Å². The van der Waals surface area contributed by atoms with Crippen molar-refractivity contribution in [3.05, 3.63) is 53.9 Å². The Balaban J connectivity index is 1.38. The Labute approximate surface area is 207 Å². The van der Waals surface area contributed by atoms with Gasteiger partial charge in [0.25, 0.3) is 5.91 Å². The van der Waals surface area contributed by atoms with Crippen molar-refractivity contribution in [3.8, 4) is 17.0 Å². The Hall–Kier alpha value is -3.86. The van der Waals surface area contributed by atoms with Crippen LogP contribution in [0.1, 0.15) is 24.2 Å². The number of morpholine rings is 1. The van der Waals surface area contributed by atoms with Gasteiger partial charge in [0, 0.05) is 30.9 Å². The highest BCUT2D eigenvalue weighted by Crippen LogP contribution is 2.39. The molecule has 1 fully saturated rings. The molecule has 11 heteroatoms. The predicted octanol–water partition coefficient (Wildman–Crippen LogP) is 3.64. The summed E-state index contributed by atoms with van der Waals surface area (Å²) in [7, 11) is 0. The summed E-state index contributed by atoms with van der Waals surface area (Å²) < 4.78 is 40.4. The van der Waals surface area contributed by atoms with Crippen molar-refractivity contribution in [2.45, 2.75) is 19.9 Å². The molecule has 0 radical (unpaired) electrons. The number of aromatic nitrogens is 3. The number of hydrogen-bond donors (Lipinski definition) is 1. The zero-order valence-electron chi connectivity index (χ0n) is 20.0. The number of rotatable bonds is 5. The molecule has 188 valence electrons. The van der Waals surface area contributed by atoms with Crippen molar-refractivity contribution >= 4 is 23.4 Å². The van der Waals surface area contributed by atoms with Crippen LogP contribution in [0.25, 0.3) is 11.3 Å². The maximum Gasteiger partial charge on any atom is 0.255 e. The first kappa shape index (κ1) is 23.9. The predicted molar refractivity (Wildman–Crippen MR) is 130 cm³/mol. The molecule has 5 rings (SSSR count). The zero-order valence-corrected chi connectivity index (χ0v) is 20.0. The van der Waals surface area contributed by atoms with Crippen molar-refractivity contribution in [3.63, 3.8) is 0 Å². The molecule has 36 heavy (non-hydrogen) atoms. The summed E-state index contributed by atoms with van der Waals surface area (Å²) in [5, 5.41) is 2.92. The molecule has 9 nitrogen and oxygen atoms in total. The molecule has 0 aliphatic carbocycles. The Bertz CT molecular complexity index is 1270. The Morgan fingerprint density at radius 1 is 1.03 bits per heavy atom. The fraction of sp³-hybridized carbons (Fsp3) is 0.360. The number of nitrogens with zero attached hydrogens (tertiary/aromatic N) is 5. The quantitative estimate of drug-likeness (QED) is 0.573. The summed E-state index contributed by atoms with van der Waals surface area (Å²) in [5.41, 5.74) is 1.22. The topological polar surface area (TPSA) is 92.7 Å². The van der Waals surface area contributed by atoms with Crippen molar-refractivity contribution in [2.75, 3.05) is 49.7 Å². The molecule has 1 saturated heterocycles. The molecule has 0 saturated carbocycles. The molecule has 0 unspecified atom stereocenters. The van der Waals surface area contributed by atoms with Crippen LogP contribution >= 0.6 is 0 Å². The first-order chi connectivity index (χ1) is 17.4. The molecular formula is C25H26F2N6O3. The molecule has 1 aromatic carbocycles. The van der Waals surface area contributed by atoms with Gasteiger partial charge in [-0.25, -0.2) is 23.7 Å². The van der Waals surface area contributed by atoms with E-state index < -0.39 is 11.6 Å². The lowest BCUT2D eigenvalue weighted by Gasteiger charge is -2.34. The Morgan fingerprint density at radius 3 is 2.56 bits per heavy atom. The lowest BCUT2D eigenvalue weighted by Crippen LogP contribution is -2.40. The molecule has 0 spiro atoms. The van der Waals surface area contributed by atoms with Crippen LogP contribution in [-0.4, -0.2) is 71.3 Å². The van der Waals surface area contributed by atoms with Crippen LogP contribution in [0.2, 0.25) is 0 Å². The van der Waals surface area contributed by atoms with Crippen LogP contribution in [0.5, 0.6) is 5.75 Å². The van der Waals surface area contributed by atoms with Crippen LogP contribution in [0.15, 0.2) is 36.7 Å². The molecule has 0 bridgehead atoms. The fourth-order valence-corrected chi connectivity index (χ4v) is 4.26. The molecule has 4 heterocycles. The minimum atomic E-state index is -0.688. The SMILES string of the molecule is CC(C)N1CCOc2c(F)cc(-c3nc(Nc4ccc(C(=O)N5CCOCC5)cn4)ncc3F)cc21. The number of fused-ring (bicyclic) bond motifs is 1. The summed E-state index contributed by atoms with van der Waals surface area (Å²) >= 11 is 0. The van der Waals surface area contributed by atoms with E-state index in [1.165, 1.54) is 12.3 Å². The van der Waals surface area contributed by atoms with E-state index in [-0.39, 0.29) is 34.9 Å². The van der Waals surface area contributed by atoms with E-state index in [4.69, 9.17) is 9.47 Å². The maximum atomic E-state index is 14.9. The van der Waals surface area contributed by atoms with Gasteiger partial charge in [-0.1, -0.05) is 0 Å². The Morgan fingerprint density at radius 2 is 1.83 bits per heavy atom. The maximum absolute atomic E-state index is 14.9. The Kier molecular flexibility index (Phi) is 6.64. The average molecular weight is 497 g/mol. The number of amides is 1. The van der Waals surface area contributed by atoms with Crippen LogP contribution < -0.4 is 15.0 Å². The molecule has 2 aromatic heterocycles. The standard InChI is InChI=1S/C25H26F2N6O3/c1-15(2)33-7-10-36-23-18(26)11-17(12-20(23)33)22-19(27)14-29-25(31-22)30-21-4-3-16(13-28-21)24(34)32-5-8-35-9-6-32/h3-4,11-15H,5-10H2,1-2H3,(H,28,29,30,31). The van der Waals surface area contributed by atoms with Gasteiger partial charge in [-0.2, -0.15) is 0 Å². The minimum Gasteiger partial charge on any atom is -0.486 e. The highest BCUT2D eigenvalue weighted by molar-refractivity contribution is 5.94. The summed E-state index contributed by atoms with van der Waals surface area (Å²) in [6.07, 6.45) is 2.49. The highest BCUT2D eigenvalue weighted by Gasteiger charge is 2.26. The normalized spacial score (nSPS) is 15.5. The van der Waals surface area contributed by atoms with Gasteiger partial charge in [0.15, 0.2) is 17.4 Å².